The maximum atomic E-state index is 3.32. The summed E-state index contributed by atoms with van der Waals surface area (Å²) in [6.45, 7) is 5.00. The summed E-state index contributed by atoms with van der Waals surface area (Å²) in [6.07, 6.45) is 0. The normalized spacial score (nSPS) is 3.97. The molecule has 0 unspecified atom stereocenters. The van der Waals surface area contributed by atoms with E-state index in [1.54, 1.807) is 6.92 Å². The molecule has 0 radical (unpaired) electrons. The Bertz CT molecular complexity index is 6910. The minimum atomic E-state index is 1.68. The van der Waals surface area contributed by atoms with E-state index >= 15 is 0 Å². The molecule has 422 valence electrons. The monoisotopic (exact) mass is 1250 g/mol. The maximum absolute atomic E-state index is 3.32. The van der Waals surface area contributed by atoms with Crippen molar-refractivity contribution in [2.24, 2.45) is 0 Å². The van der Waals surface area contributed by atoms with E-state index in [9.17, 15) is 0 Å². The van der Waals surface area contributed by atoms with E-state index in [-0.39, 0.29) is 0 Å². The Morgan fingerprint density at radius 3 is 0.173 bits per heavy atom. The Morgan fingerprint density at radius 1 is 0.0769 bits per heavy atom. The largest absolute Gasteiger partial charge is 0.284 e. The lowest BCUT2D eigenvalue weighted by molar-refractivity contribution is 1.92. The van der Waals surface area contributed by atoms with Crippen LogP contribution in [0.3, 0.4) is 0 Å². The first-order valence-electron chi connectivity index (χ1n) is 26.1. The average Bonchev–Trinajstić information content (AvgIpc) is 3.68. The Hall–Kier alpha value is -22.6. The van der Waals surface area contributed by atoms with Crippen molar-refractivity contribution >= 4 is 0 Å². The second-order valence-corrected chi connectivity index (χ2v) is 12.9. The molecule has 0 saturated carbocycles. The third-order valence-electron chi connectivity index (χ3n) is 6.40. The molecule has 0 aliphatic rings. The SMILES string of the molecule is [CH2-]C#CC#CC#CC#CC#CC#CC#CC#CC#CC#CC#CC#CC#CC#CC#CC#CC#CC#CC#CC#CC#CC#CC#CC#CC#CC#CC#CC#CC#CC#CC#CC#CC#CC#CC#CC#CC#CC#CC#CC#CC#CC#CC#CC#CC#CC#CC#CC#CC#CC#CC#CC. The Kier molecular flexibility index (Phi) is 63.0. The molecule has 0 aliphatic heterocycles. The molecule has 0 spiro atoms. The van der Waals surface area contributed by atoms with Crippen LogP contribution in [0.2, 0.25) is 0 Å². The van der Waals surface area contributed by atoms with Gasteiger partial charge in [0, 0.05) is 485 Å². The molecule has 0 bridgehead atoms. The number of hydrogen-bond donors (Lipinski definition) is 0. The van der Waals surface area contributed by atoms with Crippen molar-refractivity contribution in [1.29, 1.82) is 0 Å². The lowest BCUT2D eigenvalue weighted by Crippen LogP contribution is -1.57. The smallest absolute Gasteiger partial charge is 0 e. The van der Waals surface area contributed by atoms with Gasteiger partial charge < -0.3 is 0 Å². The summed E-state index contributed by atoms with van der Waals surface area (Å²) in [6, 6.07) is 0. The number of rotatable bonds is 0. The molecule has 0 amide bonds. The second kappa shape index (κ2) is 80.4. The van der Waals surface area contributed by atoms with Crippen molar-refractivity contribution in [1.82, 2.24) is 0 Å². The highest BCUT2D eigenvalue weighted by Gasteiger charge is 1.67. The number of hydrogen-bond acceptors (Lipinski definition) is 0. The molecule has 0 aliphatic carbocycles. The minimum Gasteiger partial charge on any atom is -0.284 e. The van der Waals surface area contributed by atoms with Gasteiger partial charge in [-0.25, -0.2) is 5.92 Å². The molecule has 0 aromatic carbocycles. The van der Waals surface area contributed by atoms with Gasteiger partial charge in [-0.05, 0) is 102 Å². The maximum Gasteiger partial charge on any atom is 0 e. The van der Waals surface area contributed by atoms with E-state index in [4.69, 9.17) is 0 Å². The quantitative estimate of drug-likeness (QED) is 0.252. The summed E-state index contributed by atoms with van der Waals surface area (Å²) in [5, 5.41) is 0. The standard InChI is InChI=1S/C104H5/c1-3-5-7-9-11-13-15-17-19-21-23-25-27-29-31-33-35-37-39-41-43-45-47-49-51-53-55-57-59-61-63-65-67-69-71-73-75-77-79-81-83-85-87-89-91-93-95-97-99-101-103-104-102-100-98-96-94-92-90-88-86-84-82-80-78-76-74-72-70-68-66-64-62-60-58-56-54-52-50-48-46-44-42-40-38-36-34-32-30-28-26-24-22-20-18-16-14-12-10-8-6-4-2/h1H2,2H3/q-1. The predicted molar refractivity (Wildman–Crippen MR) is 408 cm³/mol. The van der Waals surface area contributed by atoms with E-state index in [0.717, 1.165) is 0 Å². The van der Waals surface area contributed by atoms with Crippen molar-refractivity contribution in [2.75, 3.05) is 0 Å². The highest BCUT2D eigenvalue weighted by atomic mass is 13.7. The van der Waals surface area contributed by atoms with Gasteiger partial charge in [0.25, 0.3) is 0 Å². The first-order chi connectivity index (χ1) is 51.9. The van der Waals surface area contributed by atoms with Crippen molar-refractivity contribution in [3.63, 3.8) is 0 Å². The van der Waals surface area contributed by atoms with Gasteiger partial charge in [0.1, 0.15) is 0 Å². The zero-order valence-electron chi connectivity index (χ0n) is 52.7. The van der Waals surface area contributed by atoms with Crippen LogP contribution in [-0.2, 0) is 0 Å². The van der Waals surface area contributed by atoms with Gasteiger partial charge in [0.05, 0.1) is 0 Å². The summed E-state index contributed by atoms with van der Waals surface area (Å²) < 4.78 is 0. The molecule has 0 saturated heterocycles. The Morgan fingerprint density at radius 2 is 0.125 bits per heavy atom. The fourth-order valence-corrected chi connectivity index (χ4v) is 3.17. The average molecular weight is 1250 g/mol. The van der Waals surface area contributed by atoms with Crippen LogP contribution in [0.4, 0.5) is 0 Å². The Labute approximate surface area is 613 Å². The van der Waals surface area contributed by atoms with Crippen LogP contribution in [0.25, 0.3) is 0 Å². The first-order valence-corrected chi connectivity index (χ1v) is 26.1. The van der Waals surface area contributed by atoms with Crippen molar-refractivity contribution in [3.05, 3.63) is 6.92 Å². The van der Waals surface area contributed by atoms with Crippen LogP contribution in [0.5, 0.6) is 0 Å². The van der Waals surface area contributed by atoms with Crippen molar-refractivity contribution in [3.8, 4) is 604 Å². The van der Waals surface area contributed by atoms with E-state index in [0.29, 0.717) is 0 Å². The summed E-state index contributed by atoms with van der Waals surface area (Å²) >= 11 is 0. The molecule has 0 heterocycles. The molecular weight excluding hydrogens is 1250 g/mol. The zero-order valence-corrected chi connectivity index (χ0v) is 52.7. The van der Waals surface area contributed by atoms with Gasteiger partial charge in [-0.3, -0.25) is 5.92 Å². The summed E-state index contributed by atoms with van der Waals surface area (Å²) in [5.74, 6) is 255. The first kappa shape index (κ1) is 81.4. The molecule has 0 rings (SSSR count). The minimum absolute atomic E-state index is 1.68. The zero-order chi connectivity index (χ0) is 74.1. The van der Waals surface area contributed by atoms with E-state index < -0.39 is 0 Å². The van der Waals surface area contributed by atoms with Crippen LogP contribution >= 0.6 is 0 Å². The van der Waals surface area contributed by atoms with Crippen molar-refractivity contribution < 1.29 is 0 Å². The highest BCUT2D eigenvalue weighted by Crippen LogP contribution is 1.68. The topological polar surface area (TPSA) is 0 Å². The van der Waals surface area contributed by atoms with Gasteiger partial charge in [-0.15, -0.1) is 5.92 Å². The third-order valence-corrected chi connectivity index (χ3v) is 6.40. The summed E-state index contributed by atoms with van der Waals surface area (Å²) in [4.78, 5) is 0. The molecule has 0 heteroatoms. The van der Waals surface area contributed by atoms with Crippen LogP contribution < -0.4 is 0 Å². The fourth-order valence-electron chi connectivity index (χ4n) is 3.17. The molecule has 0 nitrogen and oxygen atoms in total. The van der Waals surface area contributed by atoms with Gasteiger partial charge in [0.15, 0.2) is 0 Å². The summed E-state index contributed by atoms with van der Waals surface area (Å²) in [7, 11) is 0. The molecule has 0 N–H and O–H groups in total. The molecule has 104 heavy (non-hydrogen) atoms. The van der Waals surface area contributed by atoms with Crippen LogP contribution in [0, 0.1) is 611 Å². The van der Waals surface area contributed by atoms with Gasteiger partial charge in [-0.2, -0.15) is 6.92 Å². The lowest BCUT2D eigenvalue weighted by atomic mass is 10.4. The highest BCUT2D eigenvalue weighted by molar-refractivity contribution is 5.56. The lowest BCUT2D eigenvalue weighted by Gasteiger charge is -1.64. The molecule has 0 atom stereocenters. The third kappa shape index (κ3) is 79.4. The van der Waals surface area contributed by atoms with E-state index in [2.05, 4.69) is 611 Å². The van der Waals surface area contributed by atoms with Crippen LogP contribution in [0.1, 0.15) is 6.92 Å². The fraction of sp³-hybridized carbons (Fsp3) is 0.00962. The van der Waals surface area contributed by atoms with Gasteiger partial charge >= 0.3 is 0 Å². The van der Waals surface area contributed by atoms with E-state index in [1.165, 1.54) is 0 Å². The molecular formula is C104H5-. The van der Waals surface area contributed by atoms with Gasteiger partial charge in [0.2, 0.25) is 0 Å². The van der Waals surface area contributed by atoms with Crippen LogP contribution in [-0.4, -0.2) is 0 Å². The van der Waals surface area contributed by atoms with Crippen LogP contribution in [0.15, 0.2) is 0 Å². The van der Waals surface area contributed by atoms with E-state index in [1.807, 2.05) is 0 Å². The molecule has 0 fully saturated rings. The Balaban J connectivity index is 4.64. The summed E-state index contributed by atoms with van der Waals surface area (Å²) in [5.41, 5.74) is 0. The van der Waals surface area contributed by atoms with Gasteiger partial charge in [-0.1, -0.05) is 5.92 Å². The predicted octanol–water partition coefficient (Wildman–Crippen LogP) is 1.01. The van der Waals surface area contributed by atoms with Crippen molar-refractivity contribution in [2.45, 2.75) is 6.92 Å². The molecule has 0 aromatic heterocycles. The molecule has 0 aromatic rings. The second-order valence-electron chi connectivity index (χ2n) is 12.9.